The van der Waals surface area contributed by atoms with Crippen LogP contribution in [-0.2, 0) is 17.9 Å². The van der Waals surface area contributed by atoms with Gasteiger partial charge < -0.3 is 17.9 Å². The average molecular weight is 409 g/mol. The third kappa shape index (κ3) is 13.8. The number of oxime groups is 2. The summed E-state index contributed by atoms with van der Waals surface area (Å²) in [6.07, 6.45) is 0. The van der Waals surface area contributed by atoms with Crippen LogP contribution in [0.5, 0.6) is 0 Å². The Morgan fingerprint density at radius 2 is 0.708 bits per heavy atom. The fraction of sp³-hybridized carbons (Fsp3) is 0.857. The Hall–Kier alpha value is -0.592. The van der Waals surface area contributed by atoms with Gasteiger partial charge in [0.25, 0.3) is 16.6 Å². The van der Waals surface area contributed by atoms with Crippen molar-refractivity contribution in [3.63, 3.8) is 0 Å². The molecule has 0 aliphatic carbocycles. The van der Waals surface area contributed by atoms with Crippen molar-refractivity contribution in [3.05, 3.63) is 0 Å². The van der Waals surface area contributed by atoms with Gasteiger partial charge in [0.1, 0.15) is 0 Å². The molecule has 0 N–H and O–H groups in total. The van der Waals surface area contributed by atoms with Crippen molar-refractivity contribution in [1.82, 2.24) is 0 Å². The molecule has 0 amide bonds. The zero-order chi connectivity index (χ0) is 19.4. The summed E-state index contributed by atoms with van der Waals surface area (Å²) in [5.74, 6) is 0.606. The maximum Gasteiger partial charge on any atom is 0.300 e. The molecule has 0 saturated heterocycles. The predicted octanol–water partition coefficient (Wildman–Crippen LogP) is 5.02. The second-order valence-electron chi connectivity index (χ2n) is 9.63. The predicted molar refractivity (Wildman–Crippen MR) is 113 cm³/mol. The first-order valence-corrected chi connectivity index (χ1v) is 21.9. The highest BCUT2D eigenvalue weighted by atomic mass is 28.4. The Balaban J connectivity index is 5.77. The number of nitrogens with zero attached hydrogens (tertiary/aromatic N) is 2. The second-order valence-corrected chi connectivity index (χ2v) is 27.3. The number of hydrogen-bond donors (Lipinski definition) is 0. The van der Waals surface area contributed by atoms with Crippen LogP contribution >= 0.6 is 0 Å². The minimum atomic E-state index is -1.91. The summed E-state index contributed by atoms with van der Waals surface area (Å²) >= 11 is 0. The molecule has 6 nitrogen and oxygen atoms in total. The molecule has 0 atom stereocenters. The molecule has 10 heteroatoms. The van der Waals surface area contributed by atoms with Crippen LogP contribution in [0.1, 0.15) is 0 Å². The average Bonchev–Trinajstić information content (AvgIpc) is 2.25. The van der Waals surface area contributed by atoms with Gasteiger partial charge >= 0.3 is 11.8 Å². The van der Waals surface area contributed by atoms with Crippen molar-refractivity contribution in [2.45, 2.75) is 78.6 Å². The Morgan fingerprint density at radius 1 is 0.458 bits per heavy atom. The zero-order valence-corrected chi connectivity index (χ0v) is 21.5. The van der Waals surface area contributed by atoms with Crippen LogP contribution in [-0.4, -0.2) is 45.1 Å². The first kappa shape index (κ1) is 23.4. The Bertz CT molecular complexity index is 425. The lowest BCUT2D eigenvalue weighted by molar-refractivity contribution is 0.307. The summed E-state index contributed by atoms with van der Waals surface area (Å²) in [6, 6.07) is 0. The first-order chi connectivity index (χ1) is 10.4. The molecular weight excluding hydrogens is 373 g/mol. The highest BCUT2D eigenvalue weighted by Crippen LogP contribution is 2.14. The second kappa shape index (κ2) is 8.19. The van der Waals surface area contributed by atoms with E-state index in [1.807, 2.05) is 0 Å². The van der Waals surface area contributed by atoms with Crippen LogP contribution in [0.3, 0.4) is 0 Å². The van der Waals surface area contributed by atoms with Crippen LogP contribution in [0.25, 0.3) is 0 Å². The van der Waals surface area contributed by atoms with Gasteiger partial charge in [-0.3, -0.25) is 0 Å². The molecule has 0 aliphatic heterocycles. The molecule has 0 bridgehead atoms. The molecule has 0 radical (unpaired) electrons. The topological polar surface area (TPSA) is 61.6 Å². The standard InChI is InChI=1S/C14H36N2O4Si4/c1-21(2,3)17-13(15-19-23(7,8)9)14(18-22(4,5)6)16-20-24(10,11)12/h1-12H3/b15-13-,16-14-. The van der Waals surface area contributed by atoms with E-state index in [0.29, 0.717) is 11.8 Å². The van der Waals surface area contributed by atoms with E-state index >= 15 is 0 Å². The molecule has 0 aromatic carbocycles. The van der Waals surface area contributed by atoms with Crippen LogP contribution < -0.4 is 0 Å². The van der Waals surface area contributed by atoms with Crippen LogP contribution in [0.2, 0.25) is 78.6 Å². The van der Waals surface area contributed by atoms with Crippen molar-refractivity contribution in [2.24, 2.45) is 10.3 Å². The molecule has 0 unspecified atom stereocenters. The molecule has 0 rings (SSSR count). The maximum atomic E-state index is 6.09. The maximum absolute atomic E-state index is 6.09. The van der Waals surface area contributed by atoms with Crippen LogP contribution in [0, 0.1) is 0 Å². The Kier molecular flexibility index (Phi) is 7.99. The van der Waals surface area contributed by atoms with E-state index < -0.39 is 33.3 Å². The zero-order valence-electron chi connectivity index (χ0n) is 17.5. The molecule has 0 fully saturated rings. The number of hydrogen-bond acceptors (Lipinski definition) is 6. The summed E-state index contributed by atoms with van der Waals surface area (Å²) in [4.78, 5) is 0. The van der Waals surface area contributed by atoms with E-state index in [1.54, 1.807) is 0 Å². The lowest BCUT2D eigenvalue weighted by atomic mass is 10.7. The van der Waals surface area contributed by atoms with Gasteiger partial charge in [-0.15, -0.1) is 0 Å². The molecule has 0 aromatic heterocycles. The van der Waals surface area contributed by atoms with Crippen molar-refractivity contribution >= 4 is 45.1 Å². The fourth-order valence-electron chi connectivity index (χ4n) is 1.14. The van der Waals surface area contributed by atoms with Gasteiger partial charge in [-0.1, -0.05) is 10.3 Å². The summed E-state index contributed by atoms with van der Waals surface area (Å²) in [5, 5.41) is 8.52. The molecule has 0 aliphatic rings. The smallest absolute Gasteiger partial charge is 0.300 e. The summed E-state index contributed by atoms with van der Waals surface area (Å²) in [6.45, 7) is 24.9. The van der Waals surface area contributed by atoms with Gasteiger partial charge in [0.2, 0.25) is 16.6 Å². The van der Waals surface area contributed by atoms with E-state index in [-0.39, 0.29) is 0 Å². The molecule has 0 saturated carbocycles. The lowest BCUT2D eigenvalue weighted by Gasteiger charge is -2.26. The monoisotopic (exact) mass is 408 g/mol. The third-order valence-corrected chi connectivity index (χ3v) is 4.68. The quantitative estimate of drug-likeness (QED) is 0.268. The minimum absolute atomic E-state index is 0.303. The van der Waals surface area contributed by atoms with Gasteiger partial charge in [0.05, 0.1) is 0 Å². The van der Waals surface area contributed by atoms with Crippen molar-refractivity contribution < 1.29 is 17.9 Å². The normalized spacial score (nSPS) is 15.2. The lowest BCUT2D eigenvalue weighted by Crippen LogP contribution is -2.40. The van der Waals surface area contributed by atoms with Crippen molar-refractivity contribution in [1.29, 1.82) is 0 Å². The van der Waals surface area contributed by atoms with Gasteiger partial charge in [-0.2, -0.15) is 0 Å². The summed E-state index contributed by atoms with van der Waals surface area (Å²) in [7, 11) is -7.52. The van der Waals surface area contributed by atoms with Gasteiger partial charge in [-0.25, -0.2) is 0 Å². The molecule has 0 spiro atoms. The van der Waals surface area contributed by atoms with E-state index in [1.165, 1.54) is 0 Å². The number of rotatable bonds is 6. The first-order valence-electron chi connectivity index (χ1n) is 8.29. The largest absolute Gasteiger partial charge is 0.526 e. The molecular formula is C14H36N2O4Si4. The Labute approximate surface area is 152 Å². The fourth-order valence-corrected chi connectivity index (χ4v) is 3.26. The van der Waals surface area contributed by atoms with E-state index in [4.69, 9.17) is 17.9 Å². The third-order valence-electron chi connectivity index (χ3n) is 1.79. The minimum Gasteiger partial charge on any atom is -0.526 e. The molecule has 0 heterocycles. The molecule has 142 valence electrons. The van der Waals surface area contributed by atoms with Gasteiger partial charge in [-0.05, 0) is 78.6 Å². The van der Waals surface area contributed by atoms with E-state index in [2.05, 4.69) is 88.9 Å². The Morgan fingerprint density at radius 3 is 0.875 bits per heavy atom. The van der Waals surface area contributed by atoms with Crippen molar-refractivity contribution in [3.8, 4) is 0 Å². The summed E-state index contributed by atoms with van der Waals surface area (Å²) in [5.41, 5.74) is 0. The van der Waals surface area contributed by atoms with Crippen molar-refractivity contribution in [2.75, 3.05) is 0 Å². The van der Waals surface area contributed by atoms with Crippen LogP contribution in [0.15, 0.2) is 10.3 Å². The SMILES string of the molecule is C[Si](C)(C)O/N=C(O[Si](C)(C)C)/C(=N/O[Si](C)(C)C)O[Si](C)(C)C. The van der Waals surface area contributed by atoms with Gasteiger partial charge in [0.15, 0.2) is 0 Å². The highest BCUT2D eigenvalue weighted by molar-refractivity contribution is 6.75. The highest BCUT2D eigenvalue weighted by Gasteiger charge is 2.30. The van der Waals surface area contributed by atoms with Gasteiger partial charge in [0, 0.05) is 0 Å². The molecule has 0 aromatic rings. The molecule has 24 heavy (non-hydrogen) atoms. The van der Waals surface area contributed by atoms with Crippen LogP contribution in [0.4, 0.5) is 0 Å². The summed E-state index contributed by atoms with van der Waals surface area (Å²) < 4.78 is 23.6. The van der Waals surface area contributed by atoms with E-state index in [0.717, 1.165) is 0 Å². The van der Waals surface area contributed by atoms with E-state index in [9.17, 15) is 0 Å².